The van der Waals surface area contributed by atoms with Gasteiger partial charge in [0.1, 0.15) is 17.3 Å². The van der Waals surface area contributed by atoms with Gasteiger partial charge < -0.3 is 9.32 Å². The van der Waals surface area contributed by atoms with Crippen molar-refractivity contribution in [3.05, 3.63) is 114 Å². The molecule has 2 aliphatic heterocycles. The molecule has 2 aromatic carbocycles. The van der Waals surface area contributed by atoms with Crippen LogP contribution in [0.15, 0.2) is 95.7 Å². The van der Waals surface area contributed by atoms with Crippen molar-refractivity contribution in [1.82, 2.24) is 9.88 Å². The lowest BCUT2D eigenvalue weighted by Crippen LogP contribution is -2.48. The molecule has 0 bridgehead atoms. The van der Waals surface area contributed by atoms with Gasteiger partial charge in [0, 0.05) is 58.4 Å². The fraction of sp³-hybridized carbons (Fsp3) is 0.206. The van der Waals surface area contributed by atoms with E-state index < -0.39 is 0 Å². The van der Waals surface area contributed by atoms with E-state index in [2.05, 4.69) is 108 Å². The second kappa shape index (κ2) is 8.96. The number of nitriles is 1. The Bertz CT molecular complexity index is 1870. The molecule has 3 aromatic heterocycles. The molecule has 0 spiro atoms. The molecule has 7 rings (SSSR count). The average Bonchev–Trinajstić information content (AvgIpc) is 3.35. The van der Waals surface area contributed by atoms with Gasteiger partial charge >= 0.3 is 0 Å². The first-order valence-electron chi connectivity index (χ1n) is 13.5. The Morgan fingerprint density at radius 2 is 1.90 bits per heavy atom. The minimum atomic E-state index is 0.272. The van der Waals surface area contributed by atoms with Crippen LogP contribution in [0.2, 0.25) is 0 Å². The molecule has 5 aromatic rings. The van der Waals surface area contributed by atoms with Crippen LogP contribution in [-0.4, -0.2) is 16.9 Å². The summed E-state index contributed by atoms with van der Waals surface area (Å²) in [5, 5.41) is 11.3. The quantitative estimate of drug-likeness (QED) is 0.206. The Morgan fingerprint density at radius 1 is 1.08 bits per heavy atom. The standard InChI is InChI=1S/C34H29N4O/c1-4-29-32-22(13-16-27-28-17-14-23(20-35)36-34(28)39-33(27)32)12-15-26-24-9-5-6-10-25(24)30-11-7-8-18-38(30)31(26)19-21(2)37(29)3/h4-11,13-14,16-18,26,31H,2,12,15,19H2,1,3H3/q+1/b29-4-. The fourth-order valence-corrected chi connectivity index (χ4v) is 6.70. The Kier molecular flexibility index (Phi) is 5.38. The number of hydrogen-bond acceptors (Lipinski definition) is 4. The van der Waals surface area contributed by atoms with Gasteiger partial charge in [-0.25, -0.2) is 4.98 Å². The minimum Gasteiger partial charge on any atom is -0.437 e. The Morgan fingerprint density at radius 3 is 2.74 bits per heavy atom. The fourth-order valence-electron chi connectivity index (χ4n) is 6.70. The first-order chi connectivity index (χ1) is 19.1. The molecule has 2 atom stereocenters. The van der Waals surface area contributed by atoms with Crippen molar-refractivity contribution in [2.24, 2.45) is 0 Å². The molecule has 0 saturated heterocycles. The molecule has 0 fully saturated rings. The number of allylic oxidation sites excluding steroid dienone is 2. The maximum atomic E-state index is 9.38. The summed E-state index contributed by atoms with van der Waals surface area (Å²) in [6, 6.07) is 25.9. The van der Waals surface area contributed by atoms with Gasteiger partial charge in [0.05, 0.1) is 6.42 Å². The SMILES string of the molecule is C=C1CC2C(CCc3ccc4c(oc5nc(C#N)ccc54)c3/C(=C/C)N1C)c1ccccc1-c1cccc[n+]12. The Balaban J connectivity index is 1.44. The molecule has 5 nitrogen and oxygen atoms in total. The van der Waals surface area contributed by atoms with Gasteiger partial charge in [-0.1, -0.05) is 43.0 Å². The van der Waals surface area contributed by atoms with Gasteiger partial charge in [0.25, 0.3) is 0 Å². The van der Waals surface area contributed by atoms with Gasteiger partial charge in [-0.3, -0.25) is 0 Å². The van der Waals surface area contributed by atoms with E-state index in [-0.39, 0.29) is 6.04 Å². The average molecular weight is 510 g/mol. The van der Waals surface area contributed by atoms with E-state index in [4.69, 9.17) is 4.42 Å². The summed E-state index contributed by atoms with van der Waals surface area (Å²) in [5.74, 6) is 0.345. The number of aryl methyl sites for hydroxylation is 1. The number of benzene rings is 2. The van der Waals surface area contributed by atoms with Gasteiger partial charge in [-0.05, 0) is 55.2 Å². The lowest BCUT2D eigenvalue weighted by molar-refractivity contribution is -0.718. The first kappa shape index (κ1) is 23.4. The number of hydrogen-bond donors (Lipinski definition) is 0. The molecule has 0 saturated carbocycles. The highest BCUT2D eigenvalue weighted by molar-refractivity contribution is 6.07. The number of furan rings is 1. The highest BCUT2D eigenvalue weighted by Crippen LogP contribution is 2.46. The van der Waals surface area contributed by atoms with Crippen LogP contribution >= 0.6 is 0 Å². The highest BCUT2D eigenvalue weighted by atomic mass is 16.3. The largest absolute Gasteiger partial charge is 0.437 e. The predicted octanol–water partition coefficient (Wildman–Crippen LogP) is 7.29. The third kappa shape index (κ3) is 3.52. The minimum absolute atomic E-state index is 0.272. The third-order valence-electron chi connectivity index (χ3n) is 8.59. The molecule has 0 aliphatic carbocycles. The van der Waals surface area contributed by atoms with Crippen molar-refractivity contribution in [2.45, 2.75) is 38.1 Å². The van der Waals surface area contributed by atoms with Gasteiger partial charge in [-0.2, -0.15) is 9.83 Å². The van der Waals surface area contributed by atoms with Crippen LogP contribution in [0.25, 0.3) is 39.0 Å². The highest BCUT2D eigenvalue weighted by Gasteiger charge is 2.41. The molecule has 2 unspecified atom stereocenters. The zero-order chi connectivity index (χ0) is 26.7. The van der Waals surface area contributed by atoms with Crippen LogP contribution in [0.4, 0.5) is 0 Å². The molecule has 190 valence electrons. The van der Waals surface area contributed by atoms with Crippen LogP contribution < -0.4 is 4.57 Å². The van der Waals surface area contributed by atoms with Crippen LogP contribution in [-0.2, 0) is 6.42 Å². The first-order valence-corrected chi connectivity index (χ1v) is 13.5. The van der Waals surface area contributed by atoms with Crippen molar-refractivity contribution in [2.75, 3.05) is 7.05 Å². The molecule has 39 heavy (non-hydrogen) atoms. The molecule has 2 aliphatic rings. The summed E-state index contributed by atoms with van der Waals surface area (Å²) in [7, 11) is 2.11. The van der Waals surface area contributed by atoms with E-state index in [1.165, 1.54) is 22.4 Å². The number of aromatic nitrogens is 2. The van der Waals surface area contributed by atoms with E-state index in [1.54, 1.807) is 6.07 Å². The lowest BCUT2D eigenvalue weighted by atomic mass is 9.77. The molecule has 5 heteroatoms. The monoisotopic (exact) mass is 509 g/mol. The van der Waals surface area contributed by atoms with Crippen LogP contribution in [0.5, 0.6) is 0 Å². The number of rotatable bonds is 0. The second-order valence-corrected chi connectivity index (χ2v) is 10.5. The number of fused-ring (bicyclic) bond motifs is 11. The van der Waals surface area contributed by atoms with Crippen LogP contribution in [0.1, 0.15) is 54.1 Å². The van der Waals surface area contributed by atoms with E-state index in [0.29, 0.717) is 17.3 Å². The van der Waals surface area contributed by atoms with Gasteiger partial charge in [0.2, 0.25) is 11.4 Å². The van der Waals surface area contributed by atoms with Crippen molar-refractivity contribution in [1.29, 1.82) is 5.26 Å². The summed E-state index contributed by atoms with van der Waals surface area (Å²) < 4.78 is 8.89. The zero-order valence-corrected chi connectivity index (χ0v) is 22.2. The van der Waals surface area contributed by atoms with Gasteiger partial charge in [0.15, 0.2) is 12.2 Å². The van der Waals surface area contributed by atoms with E-state index in [0.717, 1.165) is 52.6 Å². The lowest BCUT2D eigenvalue weighted by Gasteiger charge is -2.35. The maximum absolute atomic E-state index is 9.38. The smallest absolute Gasteiger partial charge is 0.228 e. The number of nitrogens with zero attached hydrogens (tertiary/aromatic N) is 4. The van der Waals surface area contributed by atoms with E-state index in [9.17, 15) is 5.26 Å². The molecule has 0 amide bonds. The second-order valence-electron chi connectivity index (χ2n) is 10.5. The third-order valence-corrected chi connectivity index (χ3v) is 8.59. The molecule has 5 heterocycles. The van der Waals surface area contributed by atoms with Crippen molar-refractivity contribution < 1.29 is 8.98 Å². The van der Waals surface area contributed by atoms with E-state index >= 15 is 0 Å². The van der Waals surface area contributed by atoms with E-state index in [1.807, 2.05) is 6.07 Å². The van der Waals surface area contributed by atoms with Crippen LogP contribution in [0.3, 0.4) is 0 Å². The summed E-state index contributed by atoms with van der Waals surface area (Å²) in [6.07, 6.45) is 7.14. The number of pyridine rings is 2. The maximum Gasteiger partial charge on any atom is 0.228 e. The van der Waals surface area contributed by atoms with Crippen molar-refractivity contribution in [3.63, 3.8) is 0 Å². The molecular formula is C34H29N4O+. The predicted molar refractivity (Wildman–Crippen MR) is 154 cm³/mol. The summed E-state index contributed by atoms with van der Waals surface area (Å²) >= 11 is 0. The summed E-state index contributed by atoms with van der Waals surface area (Å²) in [5.41, 5.74) is 10.1. The van der Waals surface area contributed by atoms with Crippen LogP contribution in [0, 0.1) is 11.3 Å². The topological polar surface area (TPSA) is 56.9 Å². The Hall–Kier alpha value is -4.69. The van der Waals surface area contributed by atoms with Gasteiger partial charge in [-0.15, -0.1) is 0 Å². The van der Waals surface area contributed by atoms with Crippen molar-refractivity contribution in [3.8, 4) is 17.3 Å². The summed E-state index contributed by atoms with van der Waals surface area (Å²) in [6.45, 7) is 6.67. The normalized spacial score (nSPS) is 19.8. The molecule has 0 N–H and O–H groups in total. The Labute approximate surface area is 227 Å². The van der Waals surface area contributed by atoms with Crippen molar-refractivity contribution >= 4 is 27.8 Å². The zero-order valence-electron chi connectivity index (χ0n) is 22.2. The molecular weight excluding hydrogens is 480 g/mol. The molecule has 0 radical (unpaired) electrons. The summed E-state index contributed by atoms with van der Waals surface area (Å²) in [4.78, 5) is 6.69.